The predicted octanol–water partition coefficient (Wildman–Crippen LogP) is 3.69. The minimum absolute atomic E-state index is 0.0654. The fraction of sp³-hybridized carbons (Fsp3) is 0.818. The number of ether oxygens (including phenoxy) is 7. The Kier molecular flexibility index (Phi) is 18.3. The van der Waals surface area contributed by atoms with Crippen LogP contribution in [0.1, 0.15) is 74.1 Å². The summed E-state index contributed by atoms with van der Waals surface area (Å²) in [6.07, 6.45) is 0.913. The molecule has 0 aliphatic carbocycles. The molecular weight excluding hydrogens is 570 g/mol. The molecule has 1 aromatic carbocycles. The average molecular weight is 632 g/mol. The van der Waals surface area contributed by atoms with Crippen LogP contribution in [-0.4, -0.2) is 111 Å². The third kappa shape index (κ3) is 16.1. The summed E-state index contributed by atoms with van der Waals surface area (Å²) < 4.78 is 40.4. The van der Waals surface area contributed by atoms with Gasteiger partial charge in [-0.2, -0.15) is 0 Å². The Hall–Kier alpha value is -1.54. The van der Waals surface area contributed by atoms with Crippen molar-refractivity contribution in [2.24, 2.45) is 11.1 Å². The van der Waals surface area contributed by atoms with Gasteiger partial charge in [0.05, 0.1) is 64.1 Å². The highest BCUT2D eigenvalue weighted by Crippen LogP contribution is 2.36. The van der Waals surface area contributed by atoms with E-state index < -0.39 is 34.6 Å². The zero-order chi connectivity index (χ0) is 33.3. The van der Waals surface area contributed by atoms with E-state index in [9.17, 15) is 10.2 Å². The Morgan fingerprint density at radius 3 is 1.91 bits per heavy atom. The molecule has 4 unspecified atom stereocenters. The number of hydrogen-bond acceptors (Lipinski definition) is 11. The van der Waals surface area contributed by atoms with Crippen LogP contribution in [0.15, 0.2) is 24.3 Å². The highest BCUT2D eigenvalue weighted by Gasteiger charge is 2.43. The van der Waals surface area contributed by atoms with Crippen molar-refractivity contribution in [3.8, 4) is 11.5 Å². The SMILES string of the molecule is CCC(C)(COC(C)(C)CCOCC(O)CCO)C(C)(N)OCCC(C)(C)OCCOCC(O)COc1ccc(OC)cc1. The summed E-state index contributed by atoms with van der Waals surface area (Å²) in [5.41, 5.74) is 4.42. The van der Waals surface area contributed by atoms with E-state index in [2.05, 4.69) is 13.8 Å². The fourth-order valence-electron chi connectivity index (χ4n) is 4.06. The molecule has 4 atom stereocenters. The van der Waals surface area contributed by atoms with Crippen LogP contribution in [-0.2, 0) is 23.7 Å². The van der Waals surface area contributed by atoms with Crippen LogP contribution >= 0.6 is 0 Å². The van der Waals surface area contributed by atoms with Gasteiger partial charge in [-0.05, 0) is 84.6 Å². The minimum atomic E-state index is -0.939. The van der Waals surface area contributed by atoms with Gasteiger partial charge in [-0.25, -0.2) is 0 Å². The molecule has 11 nitrogen and oxygen atoms in total. The third-order valence-corrected chi connectivity index (χ3v) is 8.02. The normalized spacial score (nSPS) is 16.6. The molecule has 0 saturated heterocycles. The molecule has 44 heavy (non-hydrogen) atoms. The van der Waals surface area contributed by atoms with Gasteiger partial charge in [0.1, 0.15) is 29.9 Å². The van der Waals surface area contributed by atoms with Gasteiger partial charge in [0, 0.05) is 18.6 Å². The lowest BCUT2D eigenvalue weighted by Crippen LogP contribution is -2.57. The maximum atomic E-state index is 10.1. The molecule has 0 amide bonds. The number of hydrogen-bond donors (Lipinski definition) is 4. The molecule has 5 N–H and O–H groups in total. The lowest BCUT2D eigenvalue weighted by molar-refractivity contribution is -0.173. The first-order valence-electron chi connectivity index (χ1n) is 15.7. The zero-order valence-corrected chi connectivity index (χ0v) is 28.4. The molecule has 11 heteroatoms. The van der Waals surface area contributed by atoms with Crippen LogP contribution in [0.2, 0.25) is 0 Å². The summed E-state index contributed by atoms with van der Waals surface area (Å²) in [7, 11) is 1.60. The lowest BCUT2D eigenvalue weighted by Gasteiger charge is -2.45. The topological polar surface area (TPSA) is 151 Å². The van der Waals surface area contributed by atoms with E-state index in [0.717, 1.165) is 12.2 Å². The molecule has 0 aromatic heterocycles. The van der Waals surface area contributed by atoms with Crippen molar-refractivity contribution >= 4 is 0 Å². The zero-order valence-electron chi connectivity index (χ0n) is 28.4. The smallest absolute Gasteiger partial charge is 0.121 e. The first-order chi connectivity index (χ1) is 20.6. The summed E-state index contributed by atoms with van der Waals surface area (Å²) in [5.74, 6) is 1.39. The van der Waals surface area contributed by atoms with Crippen molar-refractivity contribution in [3.05, 3.63) is 24.3 Å². The van der Waals surface area contributed by atoms with E-state index >= 15 is 0 Å². The molecular formula is C33H61NO10. The molecule has 0 radical (unpaired) electrons. The van der Waals surface area contributed by atoms with Crippen LogP contribution in [0.3, 0.4) is 0 Å². The largest absolute Gasteiger partial charge is 0.497 e. The number of aliphatic hydroxyl groups excluding tert-OH is 3. The number of methoxy groups -OCH3 is 1. The second kappa shape index (κ2) is 19.9. The summed E-state index contributed by atoms with van der Waals surface area (Å²) in [6.45, 7) is 16.4. The van der Waals surface area contributed by atoms with Crippen LogP contribution in [0.4, 0.5) is 0 Å². The van der Waals surface area contributed by atoms with Crippen LogP contribution in [0.5, 0.6) is 11.5 Å². The van der Waals surface area contributed by atoms with E-state index in [1.807, 2.05) is 34.6 Å². The van der Waals surface area contributed by atoms with Gasteiger partial charge in [0.25, 0.3) is 0 Å². The second-order valence-corrected chi connectivity index (χ2v) is 13.0. The van der Waals surface area contributed by atoms with E-state index in [1.165, 1.54) is 0 Å². The molecule has 0 aliphatic rings. The Balaban J connectivity index is 2.35. The van der Waals surface area contributed by atoms with Gasteiger partial charge in [0.15, 0.2) is 0 Å². The van der Waals surface area contributed by atoms with E-state index in [1.54, 1.807) is 31.4 Å². The maximum absolute atomic E-state index is 10.1. The van der Waals surface area contributed by atoms with Crippen LogP contribution < -0.4 is 15.2 Å². The number of aliphatic hydroxyl groups is 3. The number of nitrogens with two attached hydrogens (primary N) is 1. The molecule has 0 aliphatic heterocycles. The number of rotatable bonds is 26. The van der Waals surface area contributed by atoms with Crippen molar-refractivity contribution in [1.29, 1.82) is 0 Å². The summed E-state index contributed by atoms with van der Waals surface area (Å²) in [5, 5.41) is 28.7. The monoisotopic (exact) mass is 631 g/mol. The highest BCUT2D eigenvalue weighted by atomic mass is 16.6. The second-order valence-electron chi connectivity index (χ2n) is 13.0. The first-order valence-corrected chi connectivity index (χ1v) is 15.7. The molecule has 0 spiro atoms. The number of benzene rings is 1. The quantitative estimate of drug-likeness (QED) is 0.0875. The van der Waals surface area contributed by atoms with E-state index in [-0.39, 0.29) is 26.4 Å². The third-order valence-electron chi connectivity index (χ3n) is 8.02. The van der Waals surface area contributed by atoms with Crippen molar-refractivity contribution in [1.82, 2.24) is 0 Å². The van der Waals surface area contributed by atoms with Gasteiger partial charge in [-0.1, -0.05) is 13.8 Å². The summed E-state index contributed by atoms with van der Waals surface area (Å²) in [6, 6.07) is 7.16. The molecule has 1 rings (SSSR count). The van der Waals surface area contributed by atoms with Crippen molar-refractivity contribution in [2.75, 3.05) is 66.6 Å². The predicted molar refractivity (Wildman–Crippen MR) is 170 cm³/mol. The van der Waals surface area contributed by atoms with Gasteiger partial charge in [-0.15, -0.1) is 0 Å². The van der Waals surface area contributed by atoms with Crippen molar-refractivity contribution in [3.63, 3.8) is 0 Å². The average Bonchev–Trinajstić information content (AvgIpc) is 2.97. The van der Waals surface area contributed by atoms with Gasteiger partial charge >= 0.3 is 0 Å². The molecule has 0 saturated carbocycles. The first kappa shape index (κ1) is 40.5. The Morgan fingerprint density at radius 2 is 1.30 bits per heavy atom. The summed E-state index contributed by atoms with van der Waals surface area (Å²) >= 11 is 0. The molecule has 0 bridgehead atoms. The fourth-order valence-corrected chi connectivity index (χ4v) is 4.06. The maximum Gasteiger partial charge on any atom is 0.121 e. The van der Waals surface area contributed by atoms with Crippen molar-refractivity contribution in [2.45, 2.75) is 103 Å². The highest BCUT2D eigenvalue weighted by molar-refractivity contribution is 5.31. The van der Waals surface area contributed by atoms with E-state index in [4.69, 9.17) is 44.0 Å². The molecule has 0 fully saturated rings. The minimum Gasteiger partial charge on any atom is -0.497 e. The standard InChI is InChI=1S/C33H61NO10/c1-9-32(6,25-44-31(4,5)15-18-39-22-26(36)14-17-35)33(7,34)43-19-16-30(2,3)42-21-20-40-23-27(37)24-41-29-12-10-28(38-8)11-13-29/h10-13,26-27,35-37H,9,14-25,34H2,1-8H3. The van der Waals surface area contributed by atoms with Gasteiger partial charge in [0.2, 0.25) is 0 Å². The Bertz CT molecular complexity index is 880. The van der Waals surface area contributed by atoms with E-state index in [0.29, 0.717) is 58.0 Å². The molecule has 258 valence electrons. The summed E-state index contributed by atoms with van der Waals surface area (Å²) in [4.78, 5) is 0. The van der Waals surface area contributed by atoms with Crippen LogP contribution in [0, 0.1) is 5.41 Å². The Morgan fingerprint density at radius 1 is 0.727 bits per heavy atom. The van der Waals surface area contributed by atoms with Gasteiger partial charge in [-0.3, -0.25) is 0 Å². The lowest BCUT2D eigenvalue weighted by atomic mass is 9.78. The van der Waals surface area contributed by atoms with Crippen LogP contribution in [0.25, 0.3) is 0 Å². The van der Waals surface area contributed by atoms with Crippen molar-refractivity contribution < 1.29 is 48.5 Å². The molecule has 1 aromatic rings. The molecule has 0 heterocycles. The Labute approximate surface area is 265 Å². The van der Waals surface area contributed by atoms with Gasteiger partial charge < -0.3 is 54.2 Å².